The Hall–Kier alpha value is -0.870. The first-order chi connectivity index (χ1) is 9.15. The number of nitrogens with one attached hydrogen (secondary N) is 1. The number of amides is 1. The molecule has 5 heteroatoms. The van der Waals surface area contributed by atoms with Gasteiger partial charge in [0, 0.05) is 12.1 Å². The maximum atomic E-state index is 11.8. The van der Waals surface area contributed by atoms with Gasteiger partial charge in [-0.2, -0.15) is 11.8 Å². The number of rotatable bonds is 8. The Bertz CT molecular complexity index is 412. The summed E-state index contributed by atoms with van der Waals surface area (Å²) in [6.07, 6.45) is 6.78. The molecule has 0 aromatic heterocycles. The fraction of sp³-hybridized carbons (Fsp3) is 0.500. The van der Waals surface area contributed by atoms with Crippen LogP contribution in [0.3, 0.4) is 0 Å². The molecule has 3 N–H and O–H groups in total. The summed E-state index contributed by atoms with van der Waals surface area (Å²) < 4.78 is 0. The molecule has 19 heavy (non-hydrogen) atoms. The van der Waals surface area contributed by atoms with Gasteiger partial charge in [-0.3, -0.25) is 4.79 Å². The zero-order chi connectivity index (χ0) is 14.1. The van der Waals surface area contributed by atoms with Crippen LogP contribution in [0.2, 0.25) is 5.02 Å². The number of carbonyl (C=O) groups excluding carboxylic acids is 1. The normalized spacial score (nSPS) is 10.4. The topological polar surface area (TPSA) is 55.1 Å². The van der Waals surface area contributed by atoms with Crippen LogP contribution in [0.5, 0.6) is 0 Å². The lowest BCUT2D eigenvalue weighted by molar-refractivity contribution is 0.0953. The van der Waals surface area contributed by atoms with Gasteiger partial charge in [0.25, 0.3) is 5.91 Å². The van der Waals surface area contributed by atoms with Gasteiger partial charge in [0.05, 0.1) is 10.7 Å². The van der Waals surface area contributed by atoms with Gasteiger partial charge in [0.15, 0.2) is 0 Å². The molecule has 0 radical (unpaired) electrons. The zero-order valence-corrected chi connectivity index (χ0v) is 12.8. The third-order valence-electron chi connectivity index (χ3n) is 2.82. The van der Waals surface area contributed by atoms with E-state index in [9.17, 15) is 4.79 Å². The minimum atomic E-state index is -0.0903. The third-order valence-corrected chi connectivity index (χ3v) is 3.86. The van der Waals surface area contributed by atoms with E-state index in [0.717, 1.165) is 12.8 Å². The van der Waals surface area contributed by atoms with Crippen LogP contribution < -0.4 is 11.1 Å². The predicted molar refractivity (Wildman–Crippen MR) is 85.0 cm³/mol. The van der Waals surface area contributed by atoms with E-state index >= 15 is 0 Å². The van der Waals surface area contributed by atoms with Crippen LogP contribution in [0.15, 0.2) is 18.2 Å². The van der Waals surface area contributed by atoms with E-state index in [1.54, 1.807) is 18.2 Å². The minimum Gasteiger partial charge on any atom is -0.398 e. The molecule has 1 amide bonds. The molecule has 0 aliphatic rings. The molecule has 0 unspecified atom stereocenters. The van der Waals surface area contributed by atoms with Crippen molar-refractivity contribution in [2.24, 2.45) is 0 Å². The lowest BCUT2D eigenvalue weighted by Gasteiger charge is -2.06. The Morgan fingerprint density at radius 1 is 1.32 bits per heavy atom. The lowest BCUT2D eigenvalue weighted by atomic mass is 10.1. The monoisotopic (exact) mass is 300 g/mol. The number of halogens is 1. The molecule has 1 aromatic rings. The molecule has 0 saturated carbocycles. The summed E-state index contributed by atoms with van der Waals surface area (Å²) in [7, 11) is 0. The highest BCUT2D eigenvalue weighted by Crippen LogP contribution is 2.19. The number of thioether (sulfide) groups is 1. The average molecular weight is 301 g/mol. The number of nitrogen functional groups attached to an aromatic ring is 1. The number of hydrogen-bond donors (Lipinski definition) is 2. The molecular formula is C14H21ClN2OS. The summed E-state index contributed by atoms with van der Waals surface area (Å²) in [5.41, 5.74) is 6.66. The summed E-state index contributed by atoms with van der Waals surface area (Å²) in [5.74, 6) is 1.13. The van der Waals surface area contributed by atoms with Crippen LogP contribution in [0.4, 0.5) is 5.69 Å². The van der Waals surface area contributed by atoms with Gasteiger partial charge >= 0.3 is 0 Å². The van der Waals surface area contributed by atoms with E-state index in [1.807, 2.05) is 11.8 Å². The maximum absolute atomic E-state index is 11.8. The second-order valence-corrected chi connectivity index (χ2v) is 5.79. The van der Waals surface area contributed by atoms with Crippen LogP contribution in [-0.2, 0) is 0 Å². The molecule has 0 aliphatic carbocycles. The van der Waals surface area contributed by atoms with Gasteiger partial charge in [0.1, 0.15) is 0 Å². The highest BCUT2D eigenvalue weighted by atomic mass is 35.5. The van der Waals surface area contributed by atoms with E-state index in [0.29, 0.717) is 22.8 Å². The van der Waals surface area contributed by atoms with Crippen LogP contribution in [0, 0.1) is 0 Å². The van der Waals surface area contributed by atoms with Crippen molar-refractivity contribution in [3.8, 4) is 0 Å². The van der Waals surface area contributed by atoms with Crippen LogP contribution in [-0.4, -0.2) is 24.5 Å². The van der Waals surface area contributed by atoms with E-state index in [1.165, 1.54) is 18.6 Å². The van der Waals surface area contributed by atoms with Crippen LogP contribution in [0.1, 0.15) is 36.0 Å². The van der Waals surface area contributed by atoms with E-state index < -0.39 is 0 Å². The predicted octanol–water partition coefficient (Wildman–Crippen LogP) is 3.58. The number of nitrogens with two attached hydrogens (primary N) is 1. The summed E-state index contributed by atoms with van der Waals surface area (Å²) >= 11 is 7.69. The molecule has 0 atom stereocenters. The Labute approximate surface area is 124 Å². The quantitative estimate of drug-likeness (QED) is 0.570. The summed E-state index contributed by atoms with van der Waals surface area (Å²) in [5, 5.41) is 3.37. The van der Waals surface area contributed by atoms with Crippen molar-refractivity contribution in [3.63, 3.8) is 0 Å². The zero-order valence-electron chi connectivity index (χ0n) is 11.2. The highest BCUT2D eigenvalue weighted by molar-refractivity contribution is 7.98. The van der Waals surface area contributed by atoms with Crippen molar-refractivity contribution in [1.82, 2.24) is 5.32 Å². The molecule has 0 heterocycles. The average Bonchev–Trinajstić information content (AvgIpc) is 2.40. The molecule has 0 saturated heterocycles. The molecule has 106 valence electrons. The number of hydrogen-bond acceptors (Lipinski definition) is 3. The first-order valence-corrected chi connectivity index (χ1v) is 8.24. The number of benzene rings is 1. The number of anilines is 1. The van der Waals surface area contributed by atoms with Crippen molar-refractivity contribution in [2.75, 3.05) is 24.3 Å². The molecule has 0 fully saturated rings. The first kappa shape index (κ1) is 16.2. The molecule has 0 aliphatic heterocycles. The largest absolute Gasteiger partial charge is 0.398 e. The second-order valence-electron chi connectivity index (χ2n) is 4.40. The van der Waals surface area contributed by atoms with E-state index in [4.69, 9.17) is 17.3 Å². The standard InChI is InChI=1S/C14H21ClN2OS/c1-19-9-5-3-2-4-8-17-14(18)11-6-7-12(15)13(16)10-11/h6-7,10H,2-5,8-9,16H2,1H3,(H,17,18). The SMILES string of the molecule is CSCCCCCCNC(=O)c1ccc(Cl)c(N)c1. The van der Waals surface area contributed by atoms with Crippen LogP contribution in [0.25, 0.3) is 0 Å². The van der Waals surface area contributed by atoms with Crippen molar-refractivity contribution in [2.45, 2.75) is 25.7 Å². The van der Waals surface area contributed by atoms with E-state index in [-0.39, 0.29) is 5.91 Å². The fourth-order valence-corrected chi connectivity index (χ4v) is 2.32. The Kier molecular flexibility index (Phi) is 7.75. The molecular weight excluding hydrogens is 280 g/mol. The summed E-state index contributed by atoms with van der Waals surface area (Å²) in [6, 6.07) is 4.94. The summed E-state index contributed by atoms with van der Waals surface area (Å²) in [4.78, 5) is 11.8. The van der Waals surface area contributed by atoms with Crippen molar-refractivity contribution in [1.29, 1.82) is 0 Å². The van der Waals surface area contributed by atoms with Gasteiger partial charge in [0.2, 0.25) is 0 Å². The Morgan fingerprint density at radius 2 is 2.05 bits per heavy atom. The third kappa shape index (κ3) is 6.21. The Morgan fingerprint density at radius 3 is 2.74 bits per heavy atom. The minimum absolute atomic E-state index is 0.0903. The molecule has 1 rings (SSSR count). The van der Waals surface area contributed by atoms with Crippen molar-refractivity contribution >= 4 is 35.0 Å². The first-order valence-electron chi connectivity index (χ1n) is 6.47. The van der Waals surface area contributed by atoms with Gasteiger partial charge in [-0.05, 0) is 43.0 Å². The fourth-order valence-electron chi connectivity index (χ4n) is 1.71. The van der Waals surface area contributed by atoms with Gasteiger partial charge in [-0.15, -0.1) is 0 Å². The molecule has 0 spiro atoms. The molecule has 0 bridgehead atoms. The number of carbonyl (C=O) groups is 1. The number of unbranched alkanes of at least 4 members (excludes halogenated alkanes) is 3. The lowest BCUT2D eigenvalue weighted by Crippen LogP contribution is -2.24. The van der Waals surface area contributed by atoms with Crippen LogP contribution >= 0.6 is 23.4 Å². The van der Waals surface area contributed by atoms with Gasteiger partial charge in [-0.25, -0.2) is 0 Å². The Balaban J connectivity index is 2.22. The molecule has 3 nitrogen and oxygen atoms in total. The van der Waals surface area contributed by atoms with Crippen molar-refractivity contribution in [3.05, 3.63) is 28.8 Å². The smallest absolute Gasteiger partial charge is 0.251 e. The summed E-state index contributed by atoms with van der Waals surface area (Å²) in [6.45, 7) is 0.709. The van der Waals surface area contributed by atoms with E-state index in [2.05, 4.69) is 11.6 Å². The maximum Gasteiger partial charge on any atom is 0.251 e. The van der Waals surface area contributed by atoms with Gasteiger partial charge in [-0.1, -0.05) is 24.4 Å². The van der Waals surface area contributed by atoms with Gasteiger partial charge < -0.3 is 11.1 Å². The van der Waals surface area contributed by atoms with Crippen molar-refractivity contribution < 1.29 is 4.79 Å². The second kappa shape index (κ2) is 9.10. The highest BCUT2D eigenvalue weighted by Gasteiger charge is 2.06. The molecule has 1 aromatic carbocycles.